The molecule has 5 heteroatoms. The van der Waals surface area contributed by atoms with Crippen molar-refractivity contribution in [2.75, 3.05) is 11.1 Å². The first-order valence-corrected chi connectivity index (χ1v) is 4.22. The molecule has 0 aromatic carbocycles. The van der Waals surface area contributed by atoms with Crippen LogP contribution in [0.4, 0.5) is 11.6 Å². The van der Waals surface area contributed by atoms with Gasteiger partial charge in [-0.3, -0.25) is 9.48 Å². The molecule has 70 valence electrons. The second-order valence-electron chi connectivity index (χ2n) is 3.42. The van der Waals surface area contributed by atoms with Crippen molar-refractivity contribution in [2.45, 2.75) is 19.3 Å². The molecule has 1 amide bonds. The molecule has 5 nitrogen and oxygen atoms in total. The van der Waals surface area contributed by atoms with E-state index in [1.165, 1.54) is 0 Å². The minimum atomic E-state index is 0.0306. The summed E-state index contributed by atoms with van der Waals surface area (Å²) in [6.45, 7) is 1.98. The predicted molar refractivity (Wildman–Crippen MR) is 49.3 cm³/mol. The third kappa shape index (κ3) is 1.07. The van der Waals surface area contributed by atoms with Crippen LogP contribution in [0, 0.1) is 0 Å². The standard InChI is InChI=1S/C8H12N4O/c1-4-3-5(13)10-8-6(4)7(9)11-12(8)2/h4H,3H2,1-2H3,(H2,9,11)(H,10,13)/t4-/m0/s1. The molecule has 1 aromatic rings. The van der Waals surface area contributed by atoms with Gasteiger partial charge in [0.2, 0.25) is 5.91 Å². The van der Waals surface area contributed by atoms with Gasteiger partial charge < -0.3 is 11.1 Å². The van der Waals surface area contributed by atoms with Gasteiger partial charge in [0.05, 0.1) is 0 Å². The summed E-state index contributed by atoms with van der Waals surface area (Å²) < 4.78 is 1.61. The third-order valence-corrected chi connectivity index (χ3v) is 2.35. The van der Waals surface area contributed by atoms with E-state index in [4.69, 9.17) is 5.73 Å². The van der Waals surface area contributed by atoms with Gasteiger partial charge in [0.1, 0.15) is 5.82 Å². The first-order chi connectivity index (χ1) is 6.09. The lowest BCUT2D eigenvalue weighted by Crippen LogP contribution is -2.22. The number of anilines is 2. The molecule has 0 spiro atoms. The number of nitrogens with zero attached hydrogens (tertiary/aromatic N) is 2. The number of aromatic nitrogens is 2. The molecule has 2 heterocycles. The Labute approximate surface area is 75.9 Å². The summed E-state index contributed by atoms with van der Waals surface area (Å²) in [6.07, 6.45) is 0.489. The zero-order chi connectivity index (χ0) is 9.59. The summed E-state index contributed by atoms with van der Waals surface area (Å²) >= 11 is 0. The van der Waals surface area contributed by atoms with E-state index < -0.39 is 0 Å². The Kier molecular flexibility index (Phi) is 1.55. The topological polar surface area (TPSA) is 72.9 Å². The van der Waals surface area contributed by atoms with E-state index in [-0.39, 0.29) is 11.8 Å². The summed E-state index contributed by atoms with van der Waals surface area (Å²) in [5.74, 6) is 1.45. The minimum absolute atomic E-state index is 0.0306. The molecule has 2 rings (SSSR count). The first kappa shape index (κ1) is 8.10. The van der Waals surface area contributed by atoms with Crippen LogP contribution in [0.1, 0.15) is 24.8 Å². The Hall–Kier alpha value is -1.52. The molecule has 0 aliphatic carbocycles. The summed E-state index contributed by atoms with van der Waals surface area (Å²) in [5.41, 5.74) is 6.68. The number of aryl methyl sites for hydroxylation is 1. The molecule has 3 N–H and O–H groups in total. The lowest BCUT2D eigenvalue weighted by atomic mass is 9.96. The molecular formula is C8H12N4O. The summed E-state index contributed by atoms with van der Waals surface area (Å²) in [7, 11) is 1.77. The largest absolute Gasteiger partial charge is 0.382 e. The maximum atomic E-state index is 11.2. The summed E-state index contributed by atoms with van der Waals surface area (Å²) in [4.78, 5) is 11.2. The van der Waals surface area contributed by atoms with Crippen LogP contribution in [0.3, 0.4) is 0 Å². The van der Waals surface area contributed by atoms with Crippen molar-refractivity contribution in [2.24, 2.45) is 7.05 Å². The quantitative estimate of drug-likeness (QED) is 0.608. The lowest BCUT2D eigenvalue weighted by molar-refractivity contribution is -0.116. The Balaban J connectivity index is 2.57. The van der Waals surface area contributed by atoms with Crippen LogP contribution in [-0.2, 0) is 11.8 Å². The van der Waals surface area contributed by atoms with Crippen LogP contribution < -0.4 is 11.1 Å². The fourth-order valence-corrected chi connectivity index (χ4v) is 1.76. The molecule has 0 saturated carbocycles. The van der Waals surface area contributed by atoms with Gasteiger partial charge in [-0.1, -0.05) is 6.92 Å². The van der Waals surface area contributed by atoms with Crippen LogP contribution in [0.5, 0.6) is 0 Å². The number of carbonyl (C=O) groups is 1. The number of carbonyl (C=O) groups excluding carboxylic acids is 1. The Morgan fingerprint density at radius 1 is 1.69 bits per heavy atom. The van der Waals surface area contributed by atoms with Gasteiger partial charge in [0.25, 0.3) is 0 Å². The summed E-state index contributed by atoms with van der Waals surface area (Å²) in [5, 5.41) is 6.82. The van der Waals surface area contributed by atoms with Gasteiger partial charge in [-0.15, -0.1) is 0 Å². The Morgan fingerprint density at radius 3 is 3.08 bits per heavy atom. The molecule has 1 aliphatic heterocycles. The molecule has 13 heavy (non-hydrogen) atoms. The van der Waals surface area contributed by atoms with Crippen LogP contribution in [-0.4, -0.2) is 15.7 Å². The second kappa shape index (κ2) is 2.48. The molecule has 1 atom stereocenters. The van der Waals surface area contributed by atoms with Gasteiger partial charge in [0, 0.05) is 19.0 Å². The number of nitrogen functional groups attached to an aromatic ring is 1. The maximum absolute atomic E-state index is 11.2. The van der Waals surface area contributed by atoms with Crippen molar-refractivity contribution in [3.05, 3.63) is 5.56 Å². The number of hydrogen-bond donors (Lipinski definition) is 2. The monoisotopic (exact) mass is 180 g/mol. The van der Waals surface area contributed by atoms with Crippen LogP contribution in [0.2, 0.25) is 0 Å². The fraction of sp³-hybridized carbons (Fsp3) is 0.500. The average Bonchev–Trinajstić information content (AvgIpc) is 2.27. The third-order valence-electron chi connectivity index (χ3n) is 2.35. The normalized spacial score (nSPS) is 21.1. The molecular weight excluding hydrogens is 168 g/mol. The van der Waals surface area contributed by atoms with Crippen LogP contribution in [0.25, 0.3) is 0 Å². The highest BCUT2D eigenvalue weighted by Crippen LogP contribution is 2.35. The van der Waals surface area contributed by atoms with E-state index in [9.17, 15) is 4.79 Å². The van der Waals surface area contributed by atoms with Crippen molar-refractivity contribution < 1.29 is 4.79 Å². The molecule has 0 saturated heterocycles. The minimum Gasteiger partial charge on any atom is -0.382 e. The number of rotatable bonds is 0. The van der Waals surface area contributed by atoms with E-state index in [1.54, 1.807) is 11.7 Å². The number of amides is 1. The van der Waals surface area contributed by atoms with Crippen molar-refractivity contribution in [3.63, 3.8) is 0 Å². The number of nitrogens with one attached hydrogen (secondary N) is 1. The van der Waals surface area contributed by atoms with Gasteiger partial charge in [-0.2, -0.15) is 5.10 Å². The van der Waals surface area contributed by atoms with Gasteiger partial charge in [-0.05, 0) is 5.92 Å². The van der Waals surface area contributed by atoms with Crippen molar-refractivity contribution in [3.8, 4) is 0 Å². The van der Waals surface area contributed by atoms with E-state index >= 15 is 0 Å². The number of nitrogens with two attached hydrogens (primary N) is 1. The molecule has 0 bridgehead atoms. The number of fused-ring (bicyclic) bond motifs is 1. The lowest BCUT2D eigenvalue weighted by Gasteiger charge is -2.19. The van der Waals surface area contributed by atoms with Gasteiger partial charge in [-0.25, -0.2) is 0 Å². The number of hydrogen-bond acceptors (Lipinski definition) is 3. The van der Waals surface area contributed by atoms with Crippen LogP contribution >= 0.6 is 0 Å². The zero-order valence-electron chi connectivity index (χ0n) is 7.66. The van der Waals surface area contributed by atoms with E-state index in [1.807, 2.05) is 6.92 Å². The van der Waals surface area contributed by atoms with Crippen molar-refractivity contribution >= 4 is 17.5 Å². The summed E-state index contributed by atoms with van der Waals surface area (Å²) in [6, 6.07) is 0. The highest BCUT2D eigenvalue weighted by Gasteiger charge is 2.27. The fourth-order valence-electron chi connectivity index (χ4n) is 1.76. The van der Waals surface area contributed by atoms with E-state index in [0.717, 1.165) is 11.4 Å². The van der Waals surface area contributed by atoms with Crippen molar-refractivity contribution in [1.29, 1.82) is 0 Å². The SMILES string of the molecule is C[C@H]1CC(=O)Nc2c1c(N)nn2C. The van der Waals surface area contributed by atoms with Crippen molar-refractivity contribution in [1.82, 2.24) is 9.78 Å². The Morgan fingerprint density at radius 2 is 2.38 bits per heavy atom. The smallest absolute Gasteiger partial charge is 0.226 e. The predicted octanol–water partition coefficient (Wildman–Crippen LogP) is 0.448. The zero-order valence-corrected chi connectivity index (χ0v) is 7.66. The van der Waals surface area contributed by atoms with Gasteiger partial charge in [0.15, 0.2) is 5.82 Å². The molecule has 1 aliphatic rings. The maximum Gasteiger partial charge on any atom is 0.226 e. The highest BCUT2D eigenvalue weighted by molar-refractivity contribution is 5.94. The first-order valence-electron chi connectivity index (χ1n) is 4.22. The molecule has 0 unspecified atom stereocenters. The highest BCUT2D eigenvalue weighted by atomic mass is 16.1. The molecule has 0 fully saturated rings. The molecule has 1 aromatic heterocycles. The Bertz CT molecular complexity index is 368. The second-order valence-corrected chi connectivity index (χ2v) is 3.42. The van der Waals surface area contributed by atoms with Crippen LogP contribution in [0.15, 0.2) is 0 Å². The van der Waals surface area contributed by atoms with E-state index in [0.29, 0.717) is 12.2 Å². The van der Waals surface area contributed by atoms with E-state index in [2.05, 4.69) is 10.4 Å². The average molecular weight is 180 g/mol. The molecule has 0 radical (unpaired) electrons. The van der Waals surface area contributed by atoms with Gasteiger partial charge >= 0.3 is 0 Å².